The molecule has 23 heavy (non-hydrogen) atoms. The van der Waals surface area contributed by atoms with Crippen LogP contribution < -0.4 is 5.32 Å². The molecule has 0 bridgehead atoms. The van der Waals surface area contributed by atoms with E-state index in [1.54, 1.807) is 12.5 Å². The molecule has 0 radical (unpaired) electrons. The fourth-order valence-electron chi connectivity index (χ4n) is 3.87. The highest BCUT2D eigenvalue weighted by atomic mass is 16.3. The molecule has 120 valence electrons. The predicted octanol–water partition coefficient (Wildman–Crippen LogP) is 1.87. The van der Waals surface area contributed by atoms with Crippen LogP contribution in [0.1, 0.15) is 46.8 Å². The minimum absolute atomic E-state index is 0.0113. The fraction of sp³-hybridized carbons (Fsp3) is 0.444. The molecule has 2 aliphatic carbocycles. The van der Waals surface area contributed by atoms with Crippen LogP contribution in [0.25, 0.3) is 0 Å². The van der Waals surface area contributed by atoms with Gasteiger partial charge in [-0.2, -0.15) is 0 Å². The van der Waals surface area contributed by atoms with E-state index in [2.05, 4.69) is 16.4 Å². The van der Waals surface area contributed by atoms with Gasteiger partial charge < -0.3 is 15.0 Å². The van der Waals surface area contributed by atoms with Crippen molar-refractivity contribution >= 4 is 5.91 Å². The van der Waals surface area contributed by atoms with Crippen molar-refractivity contribution in [2.75, 3.05) is 0 Å². The molecule has 1 saturated carbocycles. The van der Waals surface area contributed by atoms with E-state index < -0.39 is 6.10 Å². The van der Waals surface area contributed by atoms with Gasteiger partial charge in [-0.15, -0.1) is 0 Å². The Kier molecular flexibility index (Phi) is 3.65. The summed E-state index contributed by atoms with van der Waals surface area (Å²) in [6, 6.07) is 5.75. The van der Waals surface area contributed by atoms with Gasteiger partial charge in [0.15, 0.2) is 0 Å². The van der Waals surface area contributed by atoms with Gasteiger partial charge in [-0.25, -0.2) is 4.98 Å². The summed E-state index contributed by atoms with van der Waals surface area (Å²) in [7, 11) is 0. The number of nitrogens with one attached hydrogen (secondary N) is 1. The molecule has 3 atom stereocenters. The quantitative estimate of drug-likeness (QED) is 0.909. The molecule has 0 unspecified atom stereocenters. The number of hydrogen-bond donors (Lipinski definition) is 2. The maximum absolute atomic E-state index is 12.5. The molecule has 1 aromatic carbocycles. The zero-order chi connectivity index (χ0) is 15.8. The molecule has 1 heterocycles. The van der Waals surface area contributed by atoms with E-state index in [1.165, 1.54) is 17.5 Å². The molecule has 0 aliphatic heterocycles. The van der Waals surface area contributed by atoms with Gasteiger partial charge in [0.05, 0.1) is 24.5 Å². The second-order valence-corrected chi connectivity index (χ2v) is 6.56. The number of nitrogens with zero attached hydrogens (tertiary/aromatic N) is 2. The molecule has 4 rings (SSSR count). The SMILES string of the molecule is O=C(N[C@@H]1CC[C@@H](n2ccnc2)[C@@H]1O)c1ccc2c(c1)CCC2. The van der Waals surface area contributed by atoms with Crippen molar-refractivity contribution < 1.29 is 9.90 Å². The molecular weight excluding hydrogens is 290 g/mol. The van der Waals surface area contributed by atoms with Crippen molar-refractivity contribution in [3.05, 3.63) is 53.6 Å². The van der Waals surface area contributed by atoms with Crippen LogP contribution in [0.5, 0.6) is 0 Å². The number of carbonyl (C=O) groups is 1. The van der Waals surface area contributed by atoms with Crippen molar-refractivity contribution in [1.29, 1.82) is 0 Å². The van der Waals surface area contributed by atoms with E-state index >= 15 is 0 Å². The van der Waals surface area contributed by atoms with Crippen LogP contribution in [0.3, 0.4) is 0 Å². The summed E-state index contributed by atoms with van der Waals surface area (Å²) in [6.07, 6.45) is 9.68. The number of fused-ring (bicyclic) bond motifs is 1. The van der Waals surface area contributed by atoms with Crippen molar-refractivity contribution in [3.8, 4) is 0 Å². The molecule has 2 aromatic rings. The number of aromatic nitrogens is 2. The van der Waals surface area contributed by atoms with Gasteiger partial charge in [-0.05, 0) is 55.4 Å². The minimum atomic E-state index is -0.581. The van der Waals surface area contributed by atoms with Crippen molar-refractivity contribution in [2.24, 2.45) is 0 Å². The van der Waals surface area contributed by atoms with Gasteiger partial charge in [0.1, 0.15) is 0 Å². The highest BCUT2D eigenvalue weighted by molar-refractivity contribution is 5.94. The van der Waals surface area contributed by atoms with Gasteiger partial charge in [0.2, 0.25) is 0 Å². The minimum Gasteiger partial charge on any atom is -0.389 e. The van der Waals surface area contributed by atoms with Crippen LogP contribution in [0.2, 0.25) is 0 Å². The Morgan fingerprint density at radius 1 is 1.26 bits per heavy atom. The van der Waals surface area contributed by atoms with Gasteiger partial charge >= 0.3 is 0 Å². The third-order valence-corrected chi connectivity index (χ3v) is 5.16. The van der Waals surface area contributed by atoms with Crippen LogP contribution in [0.4, 0.5) is 0 Å². The number of aliphatic hydroxyl groups is 1. The number of hydrogen-bond acceptors (Lipinski definition) is 3. The molecule has 0 spiro atoms. The molecule has 1 amide bonds. The molecule has 0 saturated heterocycles. The number of amides is 1. The second kappa shape index (κ2) is 5.81. The van der Waals surface area contributed by atoms with Crippen molar-refractivity contribution in [2.45, 2.75) is 50.3 Å². The molecule has 2 N–H and O–H groups in total. The van der Waals surface area contributed by atoms with Gasteiger partial charge in [-0.1, -0.05) is 6.07 Å². The predicted molar refractivity (Wildman–Crippen MR) is 86.2 cm³/mol. The first-order chi connectivity index (χ1) is 11.2. The third-order valence-electron chi connectivity index (χ3n) is 5.16. The highest BCUT2D eigenvalue weighted by Crippen LogP contribution is 2.30. The van der Waals surface area contributed by atoms with Crippen molar-refractivity contribution in [3.63, 3.8) is 0 Å². The van der Waals surface area contributed by atoms with Crippen LogP contribution in [0, 0.1) is 0 Å². The third kappa shape index (κ3) is 2.65. The molecular formula is C18H21N3O2. The lowest BCUT2D eigenvalue weighted by atomic mass is 10.1. The van der Waals surface area contributed by atoms with Gasteiger partial charge in [-0.3, -0.25) is 4.79 Å². The monoisotopic (exact) mass is 311 g/mol. The standard InChI is InChI=1S/C18H21N3O2/c22-17-15(6-7-16(17)21-9-8-19-11-21)20-18(23)14-5-4-12-2-1-3-13(12)10-14/h4-5,8-11,15-17,22H,1-3,6-7H2,(H,20,23)/t15-,16-,17-/m1/s1. The summed E-state index contributed by atoms with van der Waals surface area (Å²) >= 11 is 0. The maximum atomic E-state index is 12.5. The number of benzene rings is 1. The van der Waals surface area contributed by atoms with E-state index in [1.807, 2.05) is 22.9 Å². The largest absolute Gasteiger partial charge is 0.389 e. The van der Waals surface area contributed by atoms with E-state index in [0.29, 0.717) is 5.56 Å². The Morgan fingerprint density at radius 2 is 2.13 bits per heavy atom. The van der Waals surface area contributed by atoms with E-state index in [-0.39, 0.29) is 18.0 Å². The summed E-state index contributed by atoms with van der Waals surface area (Å²) in [5.41, 5.74) is 3.35. The highest BCUT2D eigenvalue weighted by Gasteiger charge is 2.36. The normalized spacial score (nSPS) is 26.2. The Bertz CT molecular complexity index is 711. The number of aliphatic hydroxyl groups excluding tert-OH is 1. The first-order valence-electron chi connectivity index (χ1n) is 8.30. The van der Waals surface area contributed by atoms with Crippen LogP contribution in [0.15, 0.2) is 36.9 Å². The number of rotatable bonds is 3. The average molecular weight is 311 g/mol. The second-order valence-electron chi connectivity index (χ2n) is 6.56. The lowest BCUT2D eigenvalue weighted by Crippen LogP contribution is -2.42. The van der Waals surface area contributed by atoms with E-state index in [4.69, 9.17) is 0 Å². The topological polar surface area (TPSA) is 67.2 Å². The molecule has 5 heteroatoms. The number of aryl methyl sites for hydroxylation is 2. The zero-order valence-corrected chi connectivity index (χ0v) is 13.0. The van der Waals surface area contributed by atoms with Crippen LogP contribution in [-0.4, -0.2) is 32.7 Å². The van der Waals surface area contributed by atoms with Gasteiger partial charge in [0, 0.05) is 18.0 Å². The summed E-state index contributed by atoms with van der Waals surface area (Å²) < 4.78 is 1.92. The number of carbonyl (C=O) groups excluding carboxylic acids is 1. The molecule has 2 aliphatic rings. The summed E-state index contributed by atoms with van der Waals surface area (Å²) in [6.45, 7) is 0. The molecule has 1 fully saturated rings. The Balaban J connectivity index is 1.45. The molecule has 5 nitrogen and oxygen atoms in total. The molecule has 1 aromatic heterocycles. The lowest BCUT2D eigenvalue weighted by Gasteiger charge is -2.21. The summed E-state index contributed by atoms with van der Waals surface area (Å²) in [4.78, 5) is 16.5. The van der Waals surface area contributed by atoms with Crippen molar-refractivity contribution in [1.82, 2.24) is 14.9 Å². The zero-order valence-electron chi connectivity index (χ0n) is 13.0. The lowest BCUT2D eigenvalue weighted by molar-refractivity contribution is 0.0813. The van der Waals surface area contributed by atoms with Crippen LogP contribution in [-0.2, 0) is 12.8 Å². The maximum Gasteiger partial charge on any atom is 0.251 e. The van der Waals surface area contributed by atoms with Crippen LogP contribution >= 0.6 is 0 Å². The summed E-state index contributed by atoms with van der Waals surface area (Å²) in [5, 5.41) is 13.5. The first kappa shape index (κ1) is 14.5. The smallest absolute Gasteiger partial charge is 0.251 e. The Morgan fingerprint density at radius 3 is 2.96 bits per heavy atom. The van der Waals surface area contributed by atoms with E-state index in [0.717, 1.165) is 25.7 Å². The summed E-state index contributed by atoms with van der Waals surface area (Å²) in [5.74, 6) is -0.0879. The Labute approximate surface area is 135 Å². The average Bonchev–Trinajstić information content (AvgIpc) is 3.28. The van der Waals surface area contributed by atoms with Gasteiger partial charge in [0.25, 0.3) is 5.91 Å². The first-order valence-corrected chi connectivity index (χ1v) is 8.30. The number of imidazole rings is 1. The Hall–Kier alpha value is -2.14. The van der Waals surface area contributed by atoms with E-state index in [9.17, 15) is 9.90 Å². The fourth-order valence-corrected chi connectivity index (χ4v) is 3.87.